The molecule has 3 rings (SSSR count). The highest BCUT2D eigenvalue weighted by Crippen LogP contribution is 2.30. The summed E-state index contributed by atoms with van der Waals surface area (Å²) in [5, 5.41) is 12.9. The number of rotatable bonds is 3. The maximum Gasteiger partial charge on any atom is 0.0766 e. The van der Waals surface area contributed by atoms with Gasteiger partial charge >= 0.3 is 0 Å². The lowest BCUT2D eigenvalue weighted by atomic mass is 9.86. The van der Waals surface area contributed by atoms with Gasteiger partial charge in [0.05, 0.1) is 11.5 Å². The van der Waals surface area contributed by atoms with Crippen molar-refractivity contribution in [3.63, 3.8) is 0 Å². The molecule has 0 amide bonds. The minimum atomic E-state index is -0.411. The molecule has 3 heteroatoms. The van der Waals surface area contributed by atoms with Crippen LogP contribution in [-0.2, 0) is 5.41 Å². The SMILES string of the molecule is CC(C)(C#N)c1ccc(NC2CCN3CCCCC23)cc1. The summed E-state index contributed by atoms with van der Waals surface area (Å²) in [6.45, 7) is 6.44. The van der Waals surface area contributed by atoms with Crippen molar-refractivity contribution in [1.29, 1.82) is 5.26 Å². The molecule has 0 aliphatic carbocycles. The van der Waals surface area contributed by atoms with Crippen LogP contribution in [0.15, 0.2) is 24.3 Å². The van der Waals surface area contributed by atoms with Gasteiger partial charge < -0.3 is 5.32 Å². The van der Waals surface area contributed by atoms with E-state index in [4.69, 9.17) is 0 Å². The van der Waals surface area contributed by atoms with Crippen LogP contribution >= 0.6 is 0 Å². The standard InChI is InChI=1S/C18H25N3/c1-18(2,13-19)14-6-8-15(9-7-14)20-16-10-12-21-11-4-3-5-17(16)21/h6-9,16-17,20H,3-5,10-12H2,1-2H3. The van der Waals surface area contributed by atoms with Gasteiger partial charge in [0.1, 0.15) is 0 Å². The zero-order chi connectivity index (χ0) is 14.9. The smallest absolute Gasteiger partial charge is 0.0766 e. The monoisotopic (exact) mass is 283 g/mol. The number of nitrogens with one attached hydrogen (secondary N) is 1. The van der Waals surface area contributed by atoms with Gasteiger partial charge in [-0.2, -0.15) is 5.26 Å². The number of piperidine rings is 1. The predicted molar refractivity (Wildman–Crippen MR) is 86.3 cm³/mol. The molecule has 1 aromatic rings. The first-order valence-electron chi connectivity index (χ1n) is 8.12. The molecule has 2 saturated heterocycles. The molecule has 3 nitrogen and oxygen atoms in total. The molecule has 2 unspecified atom stereocenters. The van der Waals surface area contributed by atoms with E-state index in [-0.39, 0.29) is 0 Å². The number of anilines is 1. The Morgan fingerprint density at radius 3 is 2.62 bits per heavy atom. The third-order valence-corrected chi connectivity index (χ3v) is 5.09. The van der Waals surface area contributed by atoms with E-state index in [1.165, 1.54) is 44.5 Å². The molecule has 0 spiro atoms. The minimum absolute atomic E-state index is 0.411. The third-order valence-electron chi connectivity index (χ3n) is 5.09. The highest BCUT2D eigenvalue weighted by molar-refractivity contribution is 5.48. The first kappa shape index (κ1) is 14.4. The second kappa shape index (κ2) is 5.69. The molecule has 0 bridgehead atoms. The summed E-state index contributed by atoms with van der Waals surface area (Å²) < 4.78 is 0. The molecule has 0 saturated carbocycles. The van der Waals surface area contributed by atoms with E-state index >= 15 is 0 Å². The lowest BCUT2D eigenvalue weighted by molar-refractivity contribution is 0.193. The van der Waals surface area contributed by atoms with E-state index in [1.807, 2.05) is 13.8 Å². The molecule has 112 valence electrons. The van der Waals surface area contributed by atoms with E-state index in [9.17, 15) is 5.26 Å². The Kier molecular flexibility index (Phi) is 3.91. The molecule has 2 aliphatic rings. The Bertz CT molecular complexity index is 526. The van der Waals surface area contributed by atoms with Gasteiger partial charge in [-0.1, -0.05) is 18.6 Å². The first-order valence-corrected chi connectivity index (χ1v) is 8.12. The number of nitriles is 1. The molecule has 0 aromatic heterocycles. The van der Waals surface area contributed by atoms with Crippen molar-refractivity contribution in [3.05, 3.63) is 29.8 Å². The van der Waals surface area contributed by atoms with Gasteiger partial charge in [0.15, 0.2) is 0 Å². The van der Waals surface area contributed by atoms with Gasteiger partial charge in [0.2, 0.25) is 0 Å². The third kappa shape index (κ3) is 2.91. The second-order valence-electron chi connectivity index (χ2n) is 6.95. The van der Waals surface area contributed by atoms with Crippen LogP contribution < -0.4 is 5.32 Å². The average Bonchev–Trinajstić information content (AvgIpc) is 2.91. The van der Waals surface area contributed by atoms with Crippen molar-refractivity contribution in [2.75, 3.05) is 18.4 Å². The highest BCUT2D eigenvalue weighted by Gasteiger charge is 2.35. The zero-order valence-corrected chi connectivity index (χ0v) is 13.1. The van der Waals surface area contributed by atoms with Crippen LogP contribution in [0.1, 0.15) is 45.1 Å². The Balaban J connectivity index is 1.67. The lowest BCUT2D eigenvalue weighted by Gasteiger charge is -2.33. The van der Waals surface area contributed by atoms with Crippen LogP contribution in [0.5, 0.6) is 0 Å². The van der Waals surface area contributed by atoms with Crippen molar-refractivity contribution in [2.45, 2.75) is 57.0 Å². The first-order chi connectivity index (χ1) is 10.1. The Morgan fingerprint density at radius 2 is 1.90 bits per heavy atom. The number of hydrogen-bond donors (Lipinski definition) is 1. The summed E-state index contributed by atoms with van der Waals surface area (Å²) in [5.74, 6) is 0. The normalized spacial score (nSPS) is 26.1. The highest BCUT2D eigenvalue weighted by atomic mass is 15.2. The number of fused-ring (bicyclic) bond motifs is 1. The van der Waals surface area contributed by atoms with Gasteiger partial charge in [-0.15, -0.1) is 0 Å². The number of benzene rings is 1. The Morgan fingerprint density at radius 1 is 1.14 bits per heavy atom. The van der Waals surface area contributed by atoms with Crippen LogP contribution in [-0.4, -0.2) is 30.1 Å². The summed E-state index contributed by atoms with van der Waals surface area (Å²) in [6.07, 6.45) is 5.31. The van der Waals surface area contributed by atoms with Gasteiger partial charge in [-0.3, -0.25) is 4.90 Å². The fourth-order valence-electron chi connectivity index (χ4n) is 3.68. The summed E-state index contributed by atoms with van der Waals surface area (Å²) in [7, 11) is 0. The van der Waals surface area contributed by atoms with E-state index in [0.29, 0.717) is 12.1 Å². The van der Waals surface area contributed by atoms with Gasteiger partial charge in [0, 0.05) is 24.3 Å². The molecule has 1 aromatic carbocycles. The zero-order valence-electron chi connectivity index (χ0n) is 13.1. The fraction of sp³-hybridized carbons (Fsp3) is 0.611. The van der Waals surface area contributed by atoms with Crippen molar-refractivity contribution in [3.8, 4) is 6.07 Å². The van der Waals surface area contributed by atoms with E-state index in [2.05, 4.69) is 40.6 Å². The minimum Gasteiger partial charge on any atom is -0.381 e. The molecule has 2 atom stereocenters. The molecule has 0 radical (unpaired) electrons. The largest absolute Gasteiger partial charge is 0.381 e. The van der Waals surface area contributed by atoms with Gasteiger partial charge in [0.25, 0.3) is 0 Å². The van der Waals surface area contributed by atoms with E-state index < -0.39 is 5.41 Å². The van der Waals surface area contributed by atoms with Crippen LogP contribution in [0, 0.1) is 11.3 Å². The summed E-state index contributed by atoms with van der Waals surface area (Å²) in [4.78, 5) is 2.65. The summed E-state index contributed by atoms with van der Waals surface area (Å²) in [6, 6.07) is 12.1. The molecule has 21 heavy (non-hydrogen) atoms. The van der Waals surface area contributed by atoms with E-state index in [1.54, 1.807) is 0 Å². The van der Waals surface area contributed by atoms with Crippen LogP contribution in [0.4, 0.5) is 5.69 Å². The Labute approximate surface area is 128 Å². The van der Waals surface area contributed by atoms with Gasteiger partial charge in [-0.05, 0) is 57.4 Å². The maximum absolute atomic E-state index is 9.20. The second-order valence-corrected chi connectivity index (χ2v) is 6.95. The summed E-state index contributed by atoms with van der Waals surface area (Å²) in [5.41, 5.74) is 1.86. The fourth-order valence-corrected chi connectivity index (χ4v) is 3.68. The topological polar surface area (TPSA) is 39.1 Å². The number of nitrogens with zero attached hydrogens (tertiary/aromatic N) is 2. The molecule has 2 fully saturated rings. The van der Waals surface area contributed by atoms with Gasteiger partial charge in [-0.25, -0.2) is 0 Å². The summed E-state index contributed by atoms with van der Waals surface area (Å²) >= 11 is 0. The van der Waals surface area contributed by atoms with Crippen molar-refractivity contribution in [1.82, 2.24) is 4.90 Å². The molecule has 1 N–H and O–H groups in total. The molecule has 2 aliphatic heterocycles. The maximum atomic E-state index is 9.20. The Hall–Kier alpha value is -1.53. The van der Waals surface area contributed by atoms with Crippen molar-refractivity contribution < 1.29 is 0 Å². The average molecular weight is 283 g/mol. The predicted octanol–water partition coefficient (Wildman–Crippen LogP) is 3.53. The quantitative estimate of drug-likeness (QED) is 0.922. The van der Waals surface area contributed by atoms with Crippen molar-refractivity contribution in [2.24, 2.45) is 0 Å². The van der Waals surface area contributed by atoms with Crippen LogP contribution in [0.25, 0.3) is 0 Å². The molecule has 2 heterocycles. The van der Waals surface area contributed by atoms with E-state index in [0.717, 1.165) is 5.56 Å². The van der Waals surface area contributed by atoms with Crippen LogP contribution in [0.3, 0.4) is 0 Å². The van der Waals surface area contributed by atoms with Crippen LogP contribution in [0.2, 0.25) is 0 Å². The molecular weight excluding hydrogens is 258 g/mol. The lowest BCUT2D eigenvalue weighted by Crippen LogP contribution is -2.41. The number of hydrogen-bond acceptors (Lipinski definition) is 3. The van der Waals surface area contributed by atoms with Crippen molar-refractivity contribution >= 4 is 5.69 Å². The molecular formula is C18H25N3.